The molecule has 2 aliphatic rings. The van der Waals surface area contributed by atoms with Gasteiger partial charge < -0.3 is 10.1 Å². The number of fused-ring (bicyclic) bond motifs is 4. The first-order chi connectivity index (χ1) is 19.8. The van der Waals surface area contributed by atoms with E-state index in [2.05, 4.69) is 73.8 Å². The Hall–Kier alpha value is -2.50. The molecule has 1 N–H and O–H groups in total. The Morgan fingerprint density at radius 3 is 2.29 bits per heavy atom. The molecule has 0 spiro atoms. The summed E-state index contributed by atoms with van der Waals surface area (Å²) in [6, 6.07) is 23.4. The van der Waals surface area contributed by atoms with Crippen molar-refractivity contribution >= 4 is 46.8 Å². The molecule has 0 bridgehead atoms. The Labute approximate surface area is 269 Å². The van der Waals surface area contributed by atoms with Crippen molar-refractivity contribution in [2.75, 3.05) is 0 Å². The first kappa shape index (κ1) is 32.4. The van der Waals surface area contributed by atoms with E-state index in [-0.39, 0.29) is 43.5 Å². The zero-order chi connectivity index (χ0) is 29.3. The van der Waals surface area contributed by atoms with Crippen LogP contribution >= 0.6 is 11.8 Å². The molecule has 0 unspecified atom stereocenters. The molecule has 4 aromatic rings. The van der Waals surface area contributed by atoms with Crippen LogP contribution in [0.5, 0.6) is 0 Å². The van der Waals surface area contributed by atoms with E-state index in [0.29, 0.717) is 0 Å². The standard InChI is InChI=1S/C23H16NSSi.C13H24O2.Ir/c1-26(2)18-9-5-8-17-20(18)21-19(26)12-13-24-22(21)16-11-10-14-6-3-4-7-15(14)23(16)25-17;1-5-10(6-2)12(14)9-13(15)11(7-3)8-4;/h3-10,12-13H,1-2H3;9-11,14H,5-8H2,1-4H3;/q-1;;/b;12-9-;. The minimum absolute atomic E-state index is 0. The van der Waals surface area contributed by atoms with Crippen LogP contribution in [0.2, 0.25) is 13.1 Å². The number of aliphatic hydroxyl groups is 1. The number of hydrogen-bond acceptors (Lipinski definition) is 4. The molecular formula is C36H40IrNO2SSi-. The molecule has 221 valence electrons. The second kappa shape index (κ2) is 13.4. The number of hydrogen-bond donors (Lipinski definition) is 1. The summed E-state index contributed by atoms with van der Waals surface area (Å²) in [6.07, 6.45) is 6.90. The minimum Gasteiger partial charge on any atom is -0.512 e. The van der Waals surface area contributed by atoms with Crippen molar-refractivity contribution < 1.29 is 30.0 Å². The van der Waals surface area contributed by atoms with Gasteiger partial charge in [0.1, 0.15) is 8.07 Å². The fourth-order valence-electron chi connectivity index (χ4n) is 6.32. The summed E-state index contributed by atoms with van der Waals surface area (Å²) in [5, 5.41) is 15.3. The monoisotopic (exact) mass is 771 g/mol. The zero-order valence-electron chi connectivity index (χ0n) is 25.4. The van der Waals surface area contributed by atoms with Crippen molar-refractivity contribution in [1.82, 2.24) is 4.98 Å². The van der Waals surface area contributed by atoms with Crippen molar-refractivity contribution in [3.05, 3.63) is 78.7 Å². The fraction of sp³-hybridized carbons (Fsp3) is 0.333. The van der Waals surface area contributed by atoms with E-state index >= 15 is 0 Å². The van der Waals surface area contributed by atoms with Gasteiger partial charge in [-0.15, -0.1) is 29.5 Å². The fourth-order valence-corrected chi connectivity index (χ4v) is 10.7. The molecule has 1 radical (unpaired) electrons. The molecule has 3 heterocycles. The molecule has 0 amide bonds. The van der Waals surface area contributed by atoms with Gasteiger partial charge in [-0.1, -0.05) is 98.0 Å². The zero-order valence-corrected chi connectivity index (χ0v) is 29.6. The summed E-state index contributed by atoms with van der Waals surface area (Å²) in [4.78, 5) is 19.2. The van der Waals surface area contributed by atoms with Crippen molar-refractivity contribution in [2.45, 2.75) is 76.3 Å². The molecule has 0 saturated carbocycles. The van der Waals surface area contributed by atoms with Crippen molar-refractivity contribution in [1.29, 1.82) is 0 Å². The summed E-state index contributed by atoms with van der Waals surface area (Å²) in [5.74, 6) is 0.547. The number of carbonyl (C=O) groups is 1. The largest absolute Gasteiger partial charge is 0.512 e. The maximum absolute atomic E-state index is 11.7. The van der Waals surface area contributed by atoms with Gasteiger partial charge in [-0.05, 0) is 59.8 Å². The number of benzene rings is 3. The van der Waals surface area contributed by atoms with Crippen molar-refractivity contribution in [2.24, 2.45) is 11.8 Å². The molecule has 3 nitrogen and oxygen atoms in total. The van der Waals surface area contributed by atoms with E-state index in [9.17, 15) is 9.90 Å². The van der Waals surface area contributed by atoms with Gasteiger partial charge in [0.25, 0.3) is 0 Å². The molecule has 1 aromatic heterocycles. The summed E-state index contributed by atoms with van der Waals surface area (Å²) >= 11 is 1.89. The van der Waals surface area contributed by atoms with Crippen LogP contribution in [0.1, 0.15) is 53.4 Å². The van der Waals surface area contributed by atoms with Gasteiger partial charge in [0, 0.05) is 49.1 Å². The molecule has 2 aliphatic heterocycles. The third kappa shape index (κ3) is 5.71. The van der Waals surface area contributed by atoms with Gasteiger partial charge in [0.05, 0.1) is 5.76 Å². The molecule has 0 fully saturated rings. The van der Waals surface area contributed by atoms with Gasteiger partial charge in [-0.2, -0.15) is 0 Å². The van der Waals surface area contributed by atoms with Gasteiger partial charge >= 0.3 is 0 Å². The van der Waals surface area contributed by atoms with E-state index in [4.69, 9.17) is 4.98 Å². The quantitative estimate of drug-likeness (QED) is 0.0779. The summed E-state index contributed by atoms with van der Waals surface area (Å²) in [6.45, 7) is 13.0. The van der Waals surface area contributed by atoms with E-state index < -0.39 is 8.07 Å². The first-order valence-corrected chi connectivity index (χ1v) is 18.8. The number of allylic oxidation sites excluding steroid dienone is 2. The molecule has 0 saturated heterocycles. The van der Waals surface area contributed by atoms with Crippen molar-refractivity contribution in [3.63, 3.8) is 0 Å². The van der Waals surface area contributed by atoms with E-state index in [1.54, 1.807) is 5.19 Å². The predicted octanol–water partition coefficient (Wildman–Crippen LogP) is 8.84. The van der Waals surface area contributed by atoms with E-state index in [0.717, 1.165) is 36.9 Å². The van der Waals surface area contributed by atoms with E-state index in [1.165, 1.54) is 43.0 Å². The van der Waals surface area contributed by atoms with Gasteiger partial charge in [-0.3, -0.25) is 4.79 Å². The summed E-state index contributed by atoms with van der Waals surface area (Å²) in [7, 11) is -1.67. The smallest absolute Gasteiger partial charge is 0.162 e. The second-order valence-electron chi connectivity index (χ2n) is 11.6. The van der Waals surface area contributed by atoms with Gasteiger partial charge in [0.2, 0.25) is 0 Å². The number of pyridine rings is 1. The maximum atomic E-state index is 11.7. The Balaban J connectivity index is 0.000000221. The number of aliphatic hydroxyl groups excluding tert-OH is 1. The van der Waals surface area contributed by atoms with Crippen LogP contribution in [-0.4, -0.2) is 23.9 Å². The first-order valence-electron chi connectivity index (χ1n) is 15.0. The Morgan fingerprint density at radius 1 is 0.929 bits per heavy atom. The number of aromatic nitrogens is 1. The topological polar surface area (TPSA) is 50.2 Å². The van der Waals surface area contributed by atoms with Crippen LogP contribution in [0, 0.1) is 17.9 Å². The van der Waals surface area contributed by atoms with Crippen LogP contribution in [0.3, 0.4) is 0 Å². The average Bonchev–Trinajstić information content (AvgIpc) is 3.12. The number of nitrogens with zero attached hydrogens (tertiary/aromatic N) is 1. The maximum Gasteiger partial charge on any atom is 0.162 e. The van der Waals surface area contributed by atoms with Gasteiger partial charge in [-0.25, -0.2) is 0 Å². The van der Waals surface area contributed by atoms with Crippen LogP contribution in [0.15, 0.2) is 82.4 Å². The second-order valence-corrected chi connectivity index (χ2v) is 16.9. The molecular weight excluding hydrogens is 731 g/mol. The predicted molar refractivity (Wildman–Crippen MR) is 176 cm³/mol. The van der Waals surface area contributed by atoms with Crippen LogP contribution < -0.4 is 10.4 Å². The minimum atomic E-state index is -1.67. The molecule has 0 atom stereocenters. The summed E-state index contributed by atoms with van der Waals surface area (Å²) in [5.41, 5.74) is 5.06. The molecule has 3 aromatic carbocycles. The Kier molecular flexibility index (Phi) is 10.4. The Bertz CT molecular complexity index is 1640. The summed E-state index contributed by atoms with van der Waals surface area (Å²) < 4.78 is 0. The SMILES string of the molecule is CCC(CC)C(=O)/C=C(\O)C(CC)CC.C[Si]1(C)c2cccc3c2-c2c1ccnc2-c1[c-]cc2ccccc2c1S3.[Ir]. The molecule has 6 rings (SSSR count). The van der Waals surface area contributed by atoms with E-state index in [1.807, 2.05) is 45.7 Å². The van der Waals surface area contributed by atoms with Crippen LogP contribution in [-0.2, 0) is 24.9 Å². The Morgan fingerprint density at radius 2 is 1.60 bits per heavy atom. The number of rotatable bonds is 7. The van der Waals surface area contributed by atoms with Crippen LogP contribution in [0.4, 0.5) is 0 Å². The number of ketones is 1. The number of carbonyl (C=O) groups excluding carboxylic acids is 1. The van der Waals surface area contributed by atoms with Gasteiger partial charge in [0.15, 0.2) is 5.78 Å². The van der Waals surface area contributed by atoms with Crippen LogP contribution in [0.25, 0.3) is 33.2 Å². The average molecular weight is 771 g/mol. The van der Waals surface area contributed by atoms with Crippen molar-refractivity contribution in [3.8, 4) is 22.4 Å². The third-order valence-electron chi connectivity index (χ3n) is 8.91. The molecule has 6 heteroatoms. The molecule has 0 aliphatic carbocycles. The third-order valence-corrected chi connectivity index (χ3v) is 13.6. The molecule has 42 heavy (non-hydrogen) atoms. The normalized spacial score (nSPS) is 14.0.